The second kappa shape index (κ2) is 6.99. The lowest BCUT2D eigenvalue weighted by Gasteiger charge is -2.17. The van der Waals surface area contributed by atoms with E-state index < -0.39 is 11.7 Å². The van der Waals surface area contributed by atoms with Gasteiger partial charge in [-0.1, -0.05) is 18.2 Å². The van der Waals surface area contributed by atoms with Crippen LogP contribution in [0.15, 0.2) is 66.9 Å². The molecule has 3 aromatic rings. The molecule has 4 nitrogen and oxygen atoms in total. The van der Waals surface area contributed by atoms with Crippen LogP contribution in [0.5, 0.6) is 0 Å². The number of alkyl halides is 3. The van der Waals surface area contributed by atoms with Crippen LogP contribution in [0.2, 0.25) is 0 Å². The van der Waals surface area contributed by atoms with Gasteiger partial charge in [0.05, 0.1) is 11.1 Å². The first-order chi connectivity index (χ1) is 13.4. The quantitative estimate of drug-likeness (QED) is 0.689. The van der Waals surface area contributed by atoms with Gasteiger partial charge in [0.2, 0.25) is 0 Å². The summed E-state index contributed by atoms with van der Waals surface area (Å²) >= 11 is 0. The Balaban J connectivity index is 1.46. The monoisotopic (exact) mass is 383 g/mol. The molecular formula is C21H16F3N3O. The van der Waals surface area contributed by atoms with Crippen molar-refractivity contribution in [2.24, 2.45) is 0 Å². The van der Waals surface area contributed by atoms with Crippen LogP contribution in [0.3, 0.4) is 0 Å². The fourth-order valence-corrected chi connectivity index (χ4v) is 3.19. The Hall–Kier alpha value is -3.35. The molecule has 0 saturated carbocycles. The Kier molecular flexibility index (Phi) is 4.50. The lowest BCUT2D eigenvalue weighted by Crippen LogP contribution is -2.28. The number of para-hydroxylation sites is 1. The summed E-state index contributed by atoms with van der Waals surface area (Å²) in [6, 6.07) is 15.8. The van der Waals surface area contributed by atoms with Gasteiger partial charge in [0.15, 0.2) is 0 Å². The van der Waals surface area contributed by atoms with Crippen LogP contribution in [0.4, 0.5) is 30.4 Å². The lowest BCUT2D eigenvalue weighted by molar-refractivity contribution is -0.137. The Labute approximate surface area is 159 Å². The second-order valence-electron chi connectivity index (χ2n) is 6.47. The zero-order valence-electron chi connectivity index (χ0n) is 14.7. The van der Waals surface area contributed by atoms with Gasteiger partial charge in [-0.2, -0.15) is 13.2 Å². The van der Waals surface area contributed by atoms with E-state index in [1.165, 1.54) is 18.3 Å². The van der Waals surface area contributed by atoms with E-state index in [4.69, 9.17) is 0 Å². The molecule has 2 aromatic carbocycles. The minimum absolute atomic E-state index is 0.126. The molecule has 0 bridgehead atoms. The minimum Gasteiger partial charge on any atom is -0.340 e. The number of amides is 1. The van der Waals surface area contributed by atoms with Crippen molar-refractivity contribution in [1.82, 2.24) is 4.98 Å². The van der Waals surface area contributed by atoms with Gasteiger partial charge in [0, 0.05) is 24.1 Å². The fourth-order valence-electron chi connectivity index (χ4n) is 3.19. The van der Waals surface area contributed by atoms with E-state index in [0.29, 0.717) is 23.6 Å². The van der Waals surface area contributed by atoms with Gasteiger partial charge in [0.1, 0.15) is 5.82 Å². The standard InChI is InChI=1S/C21H16F3N3O/c22-21(23,24)16-6-8-17(9-7-16)26-19-10-5-15(13-25-19)20(28)27-12-11-14-3-1-2-4-18(14)27/h1-10,13H,11-12H2,(H,25,26). The maximum absolute atomic E-state index is 12.8. The van der Waals surface area contributed by atoms with Crippen molar-refractivity contribution in [3.63, 3.8) is 0 Å². The van der Waals surface area contributed by atoms with Crippen LogP contribution in [0.1, 0.15) is 21.5 Å². The number of hydrogen-bond acceptors (Lipinski definition) is 3. The van der Waals surface area contributed by atoms with Crippen molar-refractivity contribution < 1.29 is 18.0 Å². The highest BCUT2D eigenvalue weighted by molar-refractivity contribution is 6.07. The zero-order valence-corrected chi connectivity index (χ0v) is 14.7. The van der Waals surface area contributed by atoms with Crippen molar-refractivity contribution in [1.29, 1.82) is 0 Å². The number of rotatable bonds is 3. The number of anilines is 3. The molecule has 0 atom stereocenters. The molecular weight excluding hydrogens is 367 g/mol. The summed E-state index contributed by atoms with van der Waals surface area (Å²) in [5, 5.41) is 2.93. The van der Waals surface area contributed by atoms with Crippen molar-refractivity contribution >= 4 is 23.1 Å². The van der Waals surface area contributed by atoms with Gasteiger partial charge in [-0.15, -0.1) is 0 Å². The molecule has 0 radical (unpaired) electrons. The van der Waals surface area contributed by atoms with Gasteiger partial charge >= 0.3 is 6.18 Å². The van der Waals surface area contributed by atoms with Crippen LogP contribution in [0.25, 0.3) is 0 Å². The number of aromatic nitrogens is 1. The molecule has 7 heteroatoms. The average molecular weight is 383 g/mol. The smallest absolute Gasteiger partial charge is 0.340 e. The maximum atomic E-state index is 12.8. The summed E-state index contributed by atoms with van der Waals surface area (Å²) in [4.78, 5) is 18.7. The van der Waals surface area contributed by atoms with Gasteiger partial charge in [-0.05, 0) is 54.4 Å². The molecule has 28 heavy (non-hydrogen) atoms. The third kappa shape index (κ3) is 3.55. The number of benzene rings is 2. The zero-order chi connectivity index (χ0) is 19.7. The van der Waals surface area contributed by atoms with Gasteiger partial charge in [0.25, 0.3) is 5.91 Å². The first kappa shape index (κ1) is 18.0. The third-order valence-electron chi connectivity index (χ3n) is 4.63. The molecule has 1 aromatic heterocycles. The van der Waals surface area contributed by atoms with Gasteiger partial charge in [-0.3, -0.25) is 4.79 Å². The highest BCUT2D eigenvalue weighted by Gasteiger charge is 2.30. The van der Waals surface area contributed by atoms with Crippen LogP contribution in [-0.4, -0.2) is 17.4 Å². The molecule has 2 heterocycles. The summed E-state index contributed by atoms with van der Waals surface area (Å²) < 4.78 is 37.9. The van der Waals surface area contributed by atoms with E-state index in [1.54, 1.807) is 17.0 Å². The van der Waals surface area contributed by atoms with Gasteiger partial charge < -0.3 is 10.2 Å². The highest BCUT2D eigenvalue weighted by Crippen LogP contribution is 2.31. The average Bonchev–Trinajstić information content (AvgIpc) is 3.12. The largest absolute Gasteiger partial charge is 0.416 e. The number of carbonyl (C=O) groups is 1. The third-order valence-corrected chi connectivity index (χ3v) is 4.63. The predicted octanol–water partition coefficient (Wildman–Crippen LogP) is 5.05. The van der Waals surface area contributed by atoms with Crippen LogP contribution in [-0.2, 0) is 12.6 Å². The molecule has 0 saturated heterocycles. The van der Waals surface area contributed by atoms with Crippen molar-refractivity contribution in [3.8, 4) is 0 Å². The van der Waals surface area contributed by atoms with Crippen molar-refractivity contribution in [3.05, 3.63) is 83.6 Å². The first-order valence-electron chi connectivity index (χ1n) is 8.72. The number of halogens is 3. The SMILES string of the molecule is O=C(c1ccc(Nc2ccc(C(F)(F)F)cc2)nc1)N1CCc2ccccc21. The molecule has 1 aliphatic rings. The lowest BCUT2D eigenvalue weighted by atomic mass is 10.2. The van der Waals surface area contributed by atoms with E-state index in [-0.39, 0.29) is 5.91 Å². The molecule has 1 N–H and O–H groups in total. The number of nitrogens with zero attached hydrogens (tertiary/aromatic N) is 2. The summed E-state index contributed by atoms with van der Waals surface area (Å²) in [5.41, 5.74) is 2.28. The summed E-state index contributed by atoms with van der Waals surface area (Å²) in [5.74, 6) is 0.316. The van der Waals surface area contributed by atoms with Crippen molar-refractivity contribution in [2.45, 2.75) is 12.6 Å². The number of fused-ring (bicyclic) bond motifs is 1. The summed E-state index contributed by atoms with van der Waals surface area (Å²) in [7, 11) is 0. The molecule has 1 amide bonds. The normalized spacial score (nSPS) is 13.3. The Bertz CT molecular complexity index is 999. The molecule has 1 aliphatic heterocycles. The van der Waals surface area contributed by atoms with E-state index in [0.717, 1.165) is 29.8 Å². The van der Waals surface area contributed by atoms with Crippen LogP contribution < -0.4 is 10.2 Å². The summed E-state index contributed by atoms with van der Waals surface area (Å²) in [6.07, 6.45) is -2.08. The molecule has 4 rings (SSSR count). The highest BCUT2D eigenvalue weighted by atomic mass is 19.4. The molecule has 0 aliphatic carbocycles. The van der Waals surface area contributed by atoms with E-state index in [1.807, 2.05) is 24.3 Å². The van der Waals surface area contributed by atoms with Crippen LogP contribution in [0, 0.1) is 0 Å². The molecule has 0 spiro atoms. The number of hydrogen-bond donors (Lipinski definition) is 1. The predicted molar refractivity (Wildman–Crippen MR) is 101 cm³/mol. The molecule has 0 fully saturated rings. The van der Waals surface area contributed by atoms with E-state index >= 15 is 0 Å². The number of pyridine rings is 1. The van der Waals surface area contributed by atoms with E-state index in [2.05, 4.69) is 10.3 Å². The second-order valence-corrected chi connectivity index (χ2v) is 6.47. The molecule has 0 unspecified atom stereocenters. The Morgan fingerprint density at radius 1 is 1.00 bits per heavy atom. The van der Waals surface area contributed by atoms with Crippen molar-refractivity contribution in [2.75, 3.05) is 16.8 Å². The first-order valence-corrected chi connectivity index (χ1v) is 8.72. The maximum Gasteiger partial charge on any atom is 0.416 e. The van der Waals surface area contributed by atoms with Crippen LogP contribution >= 0.6 is 0 Å². The fraction of sp³-hybridized carbons (Fsp3) is 0.143. The Morgan fingerprint density at radius 2 is 1.75 bits per heavy atom. The van der Waals surface area contributed by atoms with E-state index in [9.17, 15) is 18.0 Å². The molecule has 142 valence electrons. The minimum atomic E-state index is -4.37. The summed E-state index contributed by atoms with van der Waals surface area (Å²) in [6.45, 7) is 0.629. The topological polar surface area (TPSA) is 45.2 Å². The van der Waals surface area contributed by atoms with Gasteiger partial charge in [-0.25, -0.2) is 4.98 Å². The number of nitrogens with one attached hydrogen (secondary N) is 1. The Morgan fingerprint density at radius 3 is 2.43 bits per heavy atom. The number of carbonyl (C=O) groups excluding carboxylic acids is 1.